The third-order valence-electron chi connectivity index (χ3n) is 4.74. The molecule has 0 bridgehead atoms. The Morgan fingerprint density at radius 3 is 2.50 bits per heavy atom. The van der Waals surface area contributed by atoms with Crippen molar-refractivity contribution in [3.63, 3.8) is 0 Å². The van der Waals surface area contributed by atoms with Crippen molar-refractivity contribution in [2.75, 3.05) is 11.9 Å². The van der Waals surface area contributed by atoms with E-state index in [0.29, 0.717) is 12.2 Å². The first-order valence-electron chi connectivity index (χ1n) is 8.89. The molecule has 0 fully saturated rings. The smallest absolute Gasteiger partial charge is 0.272 e. The van der Waals surface area contributed by atoms with Crippen molar-refractivity contribution < 1.29 is 4.79 Å². The van der Waals surface area contributed by atoms with Crippen molar-refractivity contribution in [1.82, 2.24) is 9.88 Å². The Hall–Kier alpha value is -3.14. The molecule has 0 aliphatic carbocycles. The van der Waals surface area contributed by atoms with E-state index in [1.807, 2.05) is 35.2 Å². The van der Waals surface area contributed by atoms with Gasteiger partial charge in [0.1, 0.15) is 5.69 Å². The van der Waals surface area contributed by atoms with Crippen LogP contribution in [0.25, 0.3) is 0 Å². The molecule has 2 heterocycles. The molecule has 0 radical (unpaired) electrons. The van der Waals surface area contributed by atoms with Gasteiger partial charge < -0.3 is 10.2 Å². The molecule has 0 unspecified atom stereocenters. The van der Waals surface area contributed by atoms with Gasteiger partial charge in [0.05, 0.1) is 11.9 Å². The maximum absolute atomic E-state index is 12.7. The van der Waals surface area contributed by atoms with Crippen molar-refractivity contribution in [2.24, 2.45) is 0 Å². The van der Waals surface area contributed by atoms with Gasteiger partial charge in [-0.15, -0.1) is 0 Å². The standard InChI is InChI=1S/C22H21N3O/c26-22(25-13-12-18-8-4-5-9-19(18)16-25)21-11-10-20(15-24-21)23-14-17-6-2-1-3-7-17/h1-11,15,23H,12-14,16H2. The second kappa shape index (κ2) is 7.40. The molecular formula is C22H21N3O. The van der Waals surface area contributed by atoms with Crippen LogP contribution in [0.2, 0.25) is 0 Å². The lowest BCUT2D eigenvalue weighted by Crippen LogP contribution is -2.36. The molecule has 0 spiro atoms. The normalized spacial score (nSPS) is 13.2. The number of fused-ring (bicyclic) bond motifs is 1. The molecule has 1 aliphatic heterocycles. The topological polar surface area (TPSA) is 45.2 Å². The monoisotopic (exact) mass is 343 g/mol. The number of nitrogens with one attached hydrogen (secondary N) is 1. The molecule has 130 valence electrons. The van der Waals surface area contributed by atoms with Gasteiger partial charge in [-0.1, -0.05) is 54.6 Å². The number of aromatic nitrogens is 1. The predicted octanol–water partition coefficient (Wildman–Crippen LogP) is 3.89. The SMILES string of the molecule is O=C(c1ccc(NCc2ccccc2)cn1)N1CCc2ccccc2C1. The minimum atomic E-state index is -0.00545. The van der Waals surface area contributed by atoms with E-state index in [-0.39, 0.29) is 5.91 Å². The minimum absolute atomic E-state index is 0.00545. The third-order valence-corrected chi connectivity index (χ3v) is 4.74. The Labute approximate surface area is 153 Å². The largest absolute Gasteiger partial charge is 0.380 e. The van der Waals surface area contributed by atoms with Gasteiger partial charge in [-0.05, 0) is 35.2 Å². The van der Waals surface area contributed by atoms with Gasteiger partial charge in [-0.3, -0.25) is 4.79 Å². The Kier molecular flexibility index (Phi) is 4.65. The highest BCUT2D eigenvalue weighted by Gasteiger charge is 2.22. The third kappa shape index (κ3) is 3.59. The molecule has 3 aromatic rings. The number of rotatable bonds is 4. The summed E-state index contributed by atoms with van der Waals surface area (Å²) < 4.78 is 0. The Balaban J connectivity index is 1.40. The van der Waals surface area contributed by atoms with Crippen LogP contribution in [0, 0.1) is 0 Å². The van der Waals surface area contributed by atoms with E-state index in [0.717, 1.165) is 25.2 Å². The van der Waals surface area contributed by atoms with Crippen LogP contribution in [0.3, 0.4) is 0 Å². The second-order valence-electron chi connectivity index (χ2n) is 6.52. The summed E-state index contributed by atoms with van der Waals surface area (Å²) in [6.07, 6.45) is 2.63. The van der Waals surface area contributed by atoms with Crippen molar-refractivity contribution in [1.29, 1.82) is 0 Å². The van der Waals surface area contributed by atoms with E-state index >= 15 is 0 Å². The van der Waals surface area contributed by atoms with E-state index in [4.69, 9.17) is 0 Å². The summed E-state index contributed by atoms with van der Waals surface area (Å²) in [6.45, 7) is 2.13. The van der Waals surface area contributed by atoms with Gasteiger partial charge in [-0.2, -0.15) is 0 Å². The highest BCUT2D eigenvalue weighted by molar-refractivity contribution is 5.92. The number of anilines is 1. The van der Waals surface area contributed by atoms with Crippen LogP contribution >= 0.6 is 0 Å². The fourth-order valence-electron chi connectivity index (χ4n) is 3.26. The van der Waals surface area contributed by atoms with Crippen LogP contribution < -0.4 is 5.32 Å². The van der Waals surface area contributed by atoms with Crippen LogP contribution in [-0.4, -0.2) is 22.3 Å². The number of benzene rings is 2. The lowest BCUT2D eigenvalue weighted by Gasteiger charge is -2.28. The molecule has 1 aliphatic rings. The first-order valence-corrected chi connectivity index (χ1v) is 8.89. The van der Waals surface area contributed by atoms with Crippen LogP contribution in [0.15, 0.2) is 72.9 Å². The molecule has 0 saturated carbocycles. The van der Waals surface area contributed by atoms with Crippen molar-refractivity contribution in [2.45, 2.75) is 19.5 Å². The van der Waals surface area contributed by atoms with Gasteiger partial charge in [0.15, 0.2) is 0 Å². The quantitative estimate of drug-likeness (QED) is 0.782. The molecule has 1 amide bonds. The van der Waals surface area contributed by atoms with Crippen LogP contribution in [0.5, 0.6) is 0 Å². The molecule has 2 aromatic carbocycles. The summed E-state index contributed by atoms with van der Waals surface area (Å²) in [5.41, 5.74) is 5.18. The van der Waals surface area contributed by atoms with Crippen molar-refractivity contribution in [3.05, 3.63) is 95.3 Å². The molecule has 1 aromatic heterocycles. The maximum atomic E-state index is 12.7. The van der Waals surface area contributed by atoms with E-state index in [1.165, 1.54) is 16.7 Å². The summed E-state index contributed by atoms with van der Waals surface area (Å²) in [5, 5.41) is 3.33. The average Bonchev–Trinajstić information content (AvgIpc) is 2.72. The zero-order valence-electron chi connectivity index (χ0n) is 14.6. The zero-order valence-corrected chi connectivity index (χ0v) is 14.6. The first kappa shape index (κ1) is 16.3. The van der Waals surface area contributed by atoms with Gasteiger partial charge in [0, 0.05) is 19.6 Å². The van der Waals surface area contributed by atoms with E-state index < -0.39 is 0 Å². The van der Waals surface area contributed by atoms with Crippen LogP contribution in [0.1, 0.15) is 27.2 Å². The molecule has 4 heteroatoms. The second-order valence-corrected chi connectivity index (χ2v) is 6.52. The summed E-state index contributed by atoms with van der Waals surface area (Å²) in [7, 11) is 0. The lowest BCUT2D eigenvalue weighted by atomic mass is 10.00. The maximum Gasteiger partial charge on any atom is 0.272 e. The molecule has 0 atom stereocenters. The van der Waals surface area contributed by atoms with Crippen molar-refractivity contribution >= 4 is 11.6 Å². The predicted molar refractivity (Wildman–Crippen MR) is 103 cm³/mol. The lowest BCUT2D eigenvalue weighted by molar-refractivity contribution is 0.0729. The average molecular weight is 343 g/mol. The summed E-state index contributed by atoms with van der Waals surface area (Å²) in [4.78, 5) is 19.0. The molecule has 26 heavy (non-hydrogen) atoms. The van der Waals surface area contributed by atoms with Gasteiger partial charge in [0.2, 0.25) is 0 Å². The van der Waals surface area contributed by atoms with Crippen LogP contribution in [-0.2, 0) is 19.5 Å². The molecule has 4 nitrogen and oxygen atoms in total. The summed E-state index contributed by atoms with van der Waals surface area (Å²) in [5.74, 6) is -0.00545. The molecule has 0 saturated heterocycles. The van der Waals surface area contributed by atoms with Gasteiger partial charge >= 0.3 is 0 Å². The van der Waals surface area contributed by atoms with E-state index in [9.17, 15) is 4.79 Å². The zero-order chi connectivity index (χ0) is 17.8. The first-order chi connectivity index (χ1) is 12.8. The number of hydrogen-bond acceptors (Lipinski definition) is 3. The number of hydrogen-bond donors (Lipinski definition) is 1. The van der Waals surface area contributed by atoms with E-state index in [2.05, 4.69) is 40.6 Å². The number of carbonyl (C=O) groups is 1. The Bertz CT molecular complexity index is 891. The van der Waals surface area contributed by atoms with Gasteiger partial charge in [0.25, 0.3) is 5.91 Å². The highest BCUT2D eigenvalue weighted by atomic mass is 16.2. The molecular weight excluding hydrogens is 322 g/mol. The fourth-order valence-corrected chi connectivity index (χ4v) is 3.26. The van der Waals surface area contributed by atoms with Crippen molar-refractivity contribution in [3.8, 4) is 0 Å². The minimum Gasteiger partial charge on any atom is -0.380 e. The summed E-state index contributed by atoms with van der Waals surface area (Å²) in [6, 6.07) is 22.2. The number of nitrogens with zero attached hydrogens (tertiary/aromatic N) is 2. The number of amides is 1. The summed E-state index contributed by atoms with van der Waals surface area (Å²) >= 11 is 0. The van der Waals surface area contributed by atoms with Gasteiger partial charge in [-0.25, -0.2) is 4.98 Å². The van der Waals surface area contributed by atoms with E-state index in [1.54, 1.807) is 12.3 Å². The molecule has 1 N–H and O–H groups in total. The Morgan fingerprint density at radius 2 is 1.73 bits per heavy atom. The Morgan fingerprint density at radius 1 is 0.962 bits per heavy atom. The highest BCUT2D eigenvalue weighted by Crippen LogP contribution is 2.20. The number of carbonyl (C=O) groups excluding carboxylic acids is 1. The molecule has 4 rings (SSSR count). The fraction of sp³-hybridized carbons (Fsp3) is 0.182. The van der Waals surface area contributed by atoms with Crippen LogP contribution in [0.4, 0.5) is 5.69 Å². The number of pyridine rings is 1.